The van der Waals surface area contributed by atoms with Crippen molar-refractivity contribution < 1.29 is 49.6 Å². The lowest BCUT2D eigenvalue weighted by Gasteiger charge is -2.63. The Hall–Kier alpha value is -0.400. The molecule has 19 atom stereocenters. The van der Waals surface area contributed by atoms with E-state index in [2.05, 4.69) is 27.7 Å². The van der Waals surface area contributed by atoms with Crippen LogP contribution >= 0.6 is 0 Å². The Bertz CT molecular complexity index is 1040. The highest BCUT2D eigenvalue weighted by Gasteiger charge is 2.71. The van der Waals surface area contributed by atoms with Crippen LogP contribution in [0.4, 0.5) is 0 Å². The number of rotatable bonds is 3. The lowest BCUT2D eigenvalue weighted by molar-refractivity contribution is -0.329. The summed E-state index contributed by atoms with van der Waals surface area (Å²) in [4.78, 5) is 0. The lowest BCUT2D eigenvalue weighted by Crippen LogP contribution is -2.63. The summed E-state index contributed by atoms with van der Waals surface area (Å²) in [5, 5.41) is 63.4. The van der Waals surface area contributed by atoms with Gasteiger partial charge in [0.1, 0.15) is 30.5 Å². The fourth-order valence-corrected chi connectivity index (χ4v) is 11.9. The third kappa shape index (κ3) is 4.49. The van der Waals surface area contributed by atoms with Gasteiger partial charge in [-0.3, -0.25) is 0 Å². The zero-order chi connectivity index (χ0) is 30.6. The van der Waals surface area contributed by atoms with Gasteiger partial charge < -0.3 is 49.6 Å². The highest BCUT2D eigenvalue weighted by Crippen LogP contribution is 2.71. The van der Waals surface area contributed by atoms with Crippen LogP contribution < -0.4 is 0 Å². The minimum absolute atomic E-state index is 0.0198. The monoisotopic (exact) mass is 610 g/mol. The van der Waals surface area contributed by atoms with Crippen LogP contribution in [0.5, 0.6) is 0 Å². The first-order valence-electron chi connectivity index (χ1n) is 17.0. The highest BCUT2D eigenvalue weighted by atomic mass is 16.7. The fraction of sp³-hybridized carbons (Fsp3) is 1.00. The van der Waals surface area contributed by atoms with Crippen LogP contribution in [-0.2, 0) is 18.9 Å². The van der Waals surface area contributed by atoms with Gasteiger partial charge >= 0.3 is 0 Å². The summed E-state index contributed by atoms with van der Waals surface area (Å²) in [6.07, 6.45) is -1.11. The van der Waals surface area contributed by atoms with Gasteiger partial charge in [-0.2, -0.15) is 0 Å². The zero-order valence-electron chi connectivity index (χ0n) is 26.1. The molecule has 3 aliphatic heterocycles. The Balaban J connectivity index is 1.17. The van der Waals surface area contributed by atoms with Gasteiger partial charge in [0.15, 0.2) is 12.1 Å². The first-order chi connectivity index (χ1) is 20.3. The summed E-state index contributed by atoms with van der Waals surface area (Å²) in [6.45, 7) is 9.23. The summed E-state index contributed by atoms with van der Waals surface area (Å²) in [7, 11) is 0. The topological polar surface area (TPSA) is 158 Å². The lowest BCUT2D eigenvalue weighted by atomic mass is 9.43. The van der Waals surface area contributed by atoms with Crippen molar-refractivity contribution in [3.63, 3.8) is 0 Å². The minimum Gasteiger partial charge on any atom is -0.394 e. The second-order valence-corrected chi connectivity index (χ2v) is 16.2. The van der Waals surface area contributed by atoms with Gasteiger partial charge in [0.25, 0.3) is 0 Å². The van der Waals surface area contributed by atoms with Gasteiger partial charge in [0, 0.05) is 5.92 Å². The van der Waals surface area contributed by atoms with Crippen molar-refractivity contribution in [1.82, 2.24) is 0 Å². The van der Waals surface area contributed by atoms with Gasteiger partial charge in [-0.15, -0.1) is 0 Å². The predicted molar refractivity (Wildman–Crippen MR) is 153 cm³/mol. The van der Waals surface area contributed by atoms with E-state index in [1.807, 2.05) is 0 Å². The number of fused-ring (bicyclic) bond motifs is 7. The van der Waals surface area contributed by atoms with Gasteiger partial charge in [-0.25, -0.2) is 0 Å². The number of hydrogen-bond donors (Lipinski definition) is 6. The molecule has 0 bridgehead atoms. The molecule has 246 valence electrons. The smallest absolute Gasteiger partial charge is 0.197 e. The molecular weight excluding hydrogens is 556 g/mol. The maximum Gasteiger partial charge on any atom is 0.197 e. The van der Waals surface area contributed by atoms with Crippen molar-refractivity contribution >= 4 is 0 Å². The van der Waals surface area contributed by atoms with Crippen LogP contribution in [0.2, 0.25) is 0 Å². The van der Waals surface area contributed by atoms with Crippen LogP contribution in [0.3, 0.4) is 0 Å². The number of aliphatic hydroxyl groups is 6. The molecule has 7 aliphatic rings. The average Bonchev–Trinajstić information content (AvgIpc) is 3.42. The average molecular weight is 611 g/mol. The quantitative estimate of drug-likeness (QED) is 0.259. The first kappa shape index (κ1) is 31.2. The van der Waals surface area contributed by atoms with E-state index < -0.39 is 55.3 Å². The molecule has 19 unspecified atom stereocenters. The Kier molecular flexibility index (Phi) is 7.86. The van der Waals surface area contributed by atoms with Crippen LogP contribution in [0.25, 0.3) is 0 Å². The molecule has 3 heterocycles. The van der Waals surface area contributed by atoms with E-state index in [9.17, 15) is 30.6 Å². The van der Waals surface area contributed by atoms with Crippen molar-refractivity contribution in [2.24, 2.45) is 52.3 Å². The third-order valence-corrected chi connectivity index (χ3v) is 14.1. The van der Waals surface area contributed by atoms with Crippen molar-refractivity contribution in [3.05, 3.63) is 0 Å². The third-order valence-electron chi connectivity index (χ3n) is 14.1. The summed E-state index contributed by atoms with van der Waals surface area (Å²) >= 11 is 0. The van der Waals surface area contributed by atoms with E-state index >= 15 is 0 Å². The Morgan fingerprint density at radius 1 is 0.814 bits per heavy atom. The van der Waals surface area contributed by atoms with Crippen LogP contribution in [0.1, 0.15) is 79.1 Å². The van der Waals surface area contributed by atoms with Crippen LogP contribution in [-0.4, -0.2) is 105 Å². The van der Waals surface area contributed by atoms with E-state index in [4.69, 9.17) is 18.9 Å². The largest absolute Gasteiger partial charge is 0.394 e. The Morgan fingerprint density at radius 3 is 2.28 bits per heavy atom. The summed E-state index contributed by atoms with van der Waals surface area (Å²) < 4.78 is 25.6. The SMILES string of the molecule is CC1COC2(OC3CC4C5CC(OC6OC(CO)C(O)C(O)C6O)C6CC(O)CCC6(C)C5CCC4(C)C3C2C)C(O)C1. The summed E-state index contributed by atoms with van der Waals surface area (Å²) in [6, 6.07) is 0. The van der Waals surface area contributed by atoms with Crippen molar-refractivity contribution in [2.45, 2.75) is 140 Å². The molecule has 1 spiro atoms. The molecule has 7 rings (SSSR count). The molecule has 10 nitrogen and oxygen atoms in total. The molecule has 4 saturated carbocycles. The second kappa shape index (κ2) is 10.8. The van der Waals surface area contributed by atoms with Gasteiger partial charge in [-0.1, -0.05) is 27.7 Å². The molecule has 0 aromatic carbocycles. The van der Waals surface area contributed by atoms with Crippen molar-refractivity contribution in [3.8, 4) is 0 Å². The zero-order valence-corrected chi connectivity index (χ0v) is 26.1. The van der Waals surface area contributed by atoms with Gasteiger partial charge in [0.05, 0.1) is 31.5 Å². The van der Waals surface area contributed by atoms with Crippen LogP contribution in [0.15, 0.2) is 0 Å². The minimum atomic E-state index is -1.49. The number of hydrogen-bond acceptors (Lipinski definition) is 10. The predicted octanol–water partition coefficient (Wildman–Crippen LogP) is 1.56. The molecule has 0 aromatic rings. The summed E-state index contributed by atoms with van der Waals surface area (Å²) in [5.74, 6) is 1.01. The van der Waals surface area contributed by atoms with E-state index in [0.717, 1.165) is 38.5 Å². The van der Waals surface area contributed by atoms with Gasteiger partial charge in [-0.05, 0) is 97.7 Å². The maximum atomic E-state index is 11.2. The van der Waals surface area contributed by atoms with Crippen LogP contribution in [0, 0.1) is 52.3 Å². The molecule has 10 heteroatoms. The van der Waals surface area contributed by atoms with E-state index in [1.54, 1.807) is 0 Å². The number of aliphatic hydroxyl groups excluding tert-OH is 6. The second-order valence-electron chi connectivity index (χ2n) is 16.2. The first-order valence-corrected chi connectivity index (χ1v) is 17.0. The summed E-state index contributed by atoms with van der Waals surface area (Å²) in [5.41, 5.74) is -0.0432. The molecule has 7 fully saturated rings. The standard InChI is InChI=1S/C33H54O10/c1-15-9-25(36)33(40-14-15)16(2)26-23(43-33)12-20-18-11-22(41-30-29(39)28(38)27(37)24(13-34)42-30)21-10-17(35)5-7-31(21,3)19(18)6-8-32(20,26)4/h15-30,34-39H,5-14H2,1-4H3. The Labute approximate surface area is 255 Å². The highest BCUT2D eigenvalue weighted by molar-refractivity contribution is 5.17. The number of ether oxygens (including phenoxy) is 4. The molecule has 3 saturated heterocycles. The van der Waals surface area contributed by atoms with Crippen molar-refractivity contribution in [1.29, 1.82) is 0 Å². The molecule has 0 amide bonds. The van der Waals surface area contributed by atoms with E-state index in [1.165, 1.54) is 0 Å². The van der Waals surface area contributed by atoms with E-state index in [-0.39, 0.29) is 40.8 Å². The van der Waals surface area contributed by atoms with E-state index in [0.29, 0.717) is 43.1 Å². The van der Waals surface area contributed by atoms with Crippen molar-refractivity contribution in [2.75, 3.05) is 13.2 Å². The molecule has 0 radical (unpaired) electrons. The normalized spacial score (nSPS) is 61.5. The molecule has 43 heavy (non-hydrogen) atoms. The maximum absolute atomic E-state index is 11.2. The Morgan fingerprint density at radius 2 is 1.56 bits per heavy atom. The van der Waals surface area contributed by atoms with Gasteiger partial charge in [0.2, 0.25) is 0 Å². The molecule has 6 N–H and O–H groups in total. The molecular formula is C33H54O10. The molecule has 0 aromatic heterocycles. The molecule has 4 aliphatic carbocycles. The fourth-order valence-electron chi connectivity index (χ4n) is 11.9.